The summed E-state index contributed by atoms with van der Waals surface area (Å²) >= 11 is 0. The van der Waals surface area contributed by atoms with E-state index in [0.29, 0.717) is 13.2 Å². The zero-order chi connectivity index (χ0) is 14.4. The molecule has 1 saturated heterocycles. The molecule has 1 N–H and O–H groups in total. The maximum Gasteiger partial charge on any atom is 0.237 e. The molecule has 3 atom stereocenters. The van der Waals surface area contributed by atoms with Crippen molar-refractivity contribution >= 4 is 5.91 Å². The Kier molecular flexibility index (Phi) is 6.75. The molecule has 1 amide bonds. The molecule has 0 aromatic rings. The van der Waals surface area contributed by atoms with Crippen molar-refractivity contribution in [2.75, 3.05) is 33.4 Å². The molecule has 0 spiro atoms. The number of rotatable bonds is 6. The second-order valence-corrected chi connectivity index (χ2v) is 5.68. The molecule has 0 aromatic carbocycles. The standard InChI is InChI=1S/C14H28N2O3/c1-10(2)13(14(17)15-6-7-18-5)16-8-11(3)19-12(4)9-16/h10-13H,6-9H2,1-5H3,(H,15,17). The van der Waals surface area contributed by atoms with Crippen LogP contribution in [-0.2, 0) is 14.3 Å². The topological polar surface area (TPSA) is 50.8 Å². The number of hydrogen-bond donors (Lipinski definition) is 1. The number of nitrogens with zero attached hydrogens (tertiary/aromatic N) is 1. The number of hydrogen-bond acceptors (Lipinski definition) is 4. The molecule has 0 aromatic heterocycles. The Hall–Kier alpha value is -0.650. The average molecular weight is 272 g/mol. The van der Waals surface area contributed by atoms with Crippen molar-refractivity contribution in [1.82, 2.24) is 10.2 Å². The number of nitrogens with one attached hydrogen (secondary N) is 1. The van der Waals surface area contributed by atoms with Crippen molar-refractivity contribution < 1.29 is 14.3 Å². The summed E-state index contributed by atoms with van der Waals surface area (Å²) in [6.07, 6.45) is 0.355. The zero-order valence-corrected chi connectivity index (χ0v) is 12.8. The quantitative estimate of drug-likeness (QED) is 0.729. The Morgan fingerprint density at radius 2 is 1.95 bits per heavy atom. The van der Waals surface area contributed by atoms with E-state index >= 15 is 0 Å². The van der Waals surface area contributed by atoms with Gasteiger partial charge in [0.2, 0.25) is 5.91 Å². The predicted octanol–water partition coefficient (Wildman–Crippen LogP) is 0.883. The van der Waals surface area contributed by atoms with Crippen LogP contribution in [0.2, 0.25) is 0 Å². The van der Waals surface area contributed by atoms with Crippen molar-refractivity contribution in [3.05, 3.63) is 0 Å². The summed E-state index contributed by atoms with van der Waals surface area (Å²) in [6, 6.07) is -0.0920. The lowest BCUT2D eigenvalue weighted by Gasteiger charge is -2.41. The second-order valence-electron chi connectivity index (χ2n) is 5.68. The molecule has 1 fully saturated rings. The first kappa shape index (κ1) is 16.4. The molecule has 5 nitrogen and oxygen atoms in total. The first-order chi connectivity index (χ1) is 8.95. The van der Waals surface area contributed by atoms with E-state index in [4.69, 9.17) is 9.47 Å². The van der Waals surface area contributed by atoms with Crippen molar-refractivity contribution in [2.24, 2.45) is 5.92 Å². The second kappa shape index (κ2) is 7.82. The van der Waals surface area contributed by atoms with Crippen LogP contribution in [0.3, 0.4) is 0 Å². The van der Waals surface area contributed by atoms with Gasteiger partial charge in [-0.3, -0.25) is 9.69 Å². The first-order valence-corrected chi connectivity index (χ1v) is 7.11. The summed E-state index contributed by atoms with van der Waals surface area (Å²) in [5.74, 6) is 0.369. The van der Waals surface area contributed by atoms with Crippen LogP contribution in [0, 0.1) is 5.92 Å². The molecule has 1 rings (SSSR count). The number of carbonyl (C=O) groups is 1. The fourth-order valence-corrected chi connectivity index (χ4v) is 2.72. The van der Waals surface area contributed by atoms with E-state index in [2.05, 4.69) is 37.9 Å². The minimum absolute atomic E-state index is 0.0911. The van der Waals surface area contributed by atoms with E-state index in [-0.39, 0.29) is 30.1 Å². The highest BCUT2D eigenvalue weighted by Gasteiger charge is 2.33. The maximum atomic E-state index is 12.3. The van der Waals surface area contributed by atoms with Crippen molar-refractivity contribution in [2.45, 2.75) is 45.9 Å². The van der Waals surface area contributed by atoms with Crippen molar-refractivity contribution in [3.8, 4) is 0 Å². The van der Waals surface area contributed by atoms with E-state index in [1.54, 1.807) is 7.11 Å². The van der Waals surface area contributed by atoms with Crippen LogP contribution in [0.15, 0.2) is 0 Å². The van der Waals surface area contributed by atoms with Gasteiger partial charge in [0.1, 0.15) is 0 Å². The van der Waals surface area contributed by atoms with E-state index in [9.17, 15) is 4.79 Å². The molecule has 1 aliphatic heterocycles. The maximum absolute atomic E-state index is 12.3. The van der Waals surface area contributed by atoms with E-state index in [0.717, 1.165) is 13.1 Å². The van der Waals surface area contributed by atoms with Gasteiger partial charge in [-0.1, -0.05) is 13.8 Å². The molecule has 0 bridgehead atoms. The van der Waals surface area contributed by atoms with Crippen LogP contribution in [0.5, 0.6) is 0 Å². The Morgan fingerprint density at radius 3 is 2.42 bits per heavy atom. The van der Waals surface area contributed by atoms with E-state index < -0.39 is 0 Å². The number of amides is 1. The van der Waals surface area contributed by atoms with Crippen molar-refractivity contribution in [1.29, 1.82) is 0 Å². The summed E-state index contributed by atoms with van der Waals surface area (Å²) in [5.41, 5.74) is 0. The van der Waals surface area contributed by atoms with Crippen LogP contribution >= 0.6 is 0 Å². The lowest BCUT2D eigenvalue weighted by molar-refractivity contribution is -0.135. The molecule has 0 aliphatic carbocycles. The molecule has 0 radical (unpaired) electrons. The van der Waals surface area contributed by atoms with Crippen LogP contribution in [-0.4, -0.2) is 62.4 Å². The molecule has 3 unspecified atom stereocenters. The third kappa shape index (κ3) is 5.09. The monoisotopic (exact) mass is 272 g/mol. The van der Waals surface area contributed by atoms with Gasteiger partial charge in [-0.15, -0.1) is 0 Å². The zero-order valence-electron chi connectivity index (χ0n) is 12.8. The van der Waals surface area contributed by atoms with Gasteiger partial charge in [0.25, 0.3) is 0 Å². The summed E-state index contributed by atoms with van der Waals surface area (Å²) in [4.78, 5) is 14.6. The van der Waals surface area contributed by atoms with Crippen LogP contribution < -0.4 is 5.32 Å². The Morgan fingerprint density at radius 1 is 1.37 bits per heavy atom. The molecular formula is C14H28N2O3. The fourth-order valence-electron chi connectivity index (χ4n) is 2.72. The number of carbonyl (C=O) groups excluding carboxylic acids is 1. The van der Waals surface area contributed by atoms with Crippen LogP contribution in [0.4, 0.5) is 0 Å². The predicted molar refractivity (Wildman–Crippen MR) is 75.1 cm³/mol. The highest BCUT2D eigenvalue weighted by Crippen LogP contribution is 2.18. The third-order valence-corrected chi connectivity index (χ3v) is 3.35. The SMILES string of the molecule is COCCNC(=O)C(C(C)C)N1CC(C)OC(C)C1. The lowest BCUT2D eigenvalue weighted by atomic mass is 9.99. The number of morpholine rings is 1. The average Bonchev–Trinajstić information content (AvgIpc) is 2.27. The molecule has 112 valence electrons. The molecule has 0 saturated carbocycles. The summed E-state index contributed by atoms with van der Waals surface area (Å²) in [5, 5.41) is 2.95. The minimum Gasteiger partial charge on any atom is -0.383 e. The van der Waals surface area contributed by atoms with Crippen LogP contribution in [0.25, 0.3) is 0 Å². The smallest absolute Gasteiger partial charge is 0.237 e. The molecule has 1 heterocycles. The van der Waals surface area contributed by atoms with E-state index in [1.807, 2.05) is 0 Å². The number of methoxy groups -OCH3 is 1. The van der Waals surface area contributed by atoms with Gasteiger partial charge >= 0.3 is 0 Å². The first-order valence-electron chi connectivity index (χ1n) is 7.11. The Balaban J connectivity index is 2.62. The van der Waals surface area contributed by atoms with Gasteiger partial charge < -0.3 is 14.8 Å². The van der Waals surface area contributed by atoms with Gasteiger partial charge in [-0.25, -0.2) is 0 Å². The summed E-state index contributed by atoms with van der Waals surface area (Å²) < 4.78 is 10.7. The van der Waals surface area contributed by atoms with Gasteiger partial charge in [-0.2, -0.15) is 0 Å². The number of ether oxygens (including phenoxy) is 2. The fraction of sp³-hybridized carbons (Fsp3) is 0.929. The van der Waals surface area contributed by atoms with Gasteiger partial charge in [0.15, 0.2) is 0 Å². The highest BCUT2D eigenvalue weighted by atomic mass is 16.5. The molecule has 5 heteroatoms. The normalized spacial score (nSPS) is 26.4. The Labute approximate surface area is 116 Å². The molecule has 1 aliphatic rings. The van der Waals surface area contributed by atoms with Gasteiger partial charge in [0, 0.05) is 26.7 Å². The van der Waals surface area contributed by atoms with Crippen LogP contribution in [0.1, 0.15) is 27.7 Å². The minimum atomic E-state index is -0.0920. The molecule has 19 heavy (non-hydrogen) atoms. The Bertz CT molecular complexity index is 274. The lowest BCUT2D eigenvalue weighted by Crippen LogP contribution is -2.57. The third-order valence-electron chi connectivity index (χ3n) is 3.35. The largest absolute Gasteiger partial charge is 0.383 e. The van der Waals surface area contributed by atoms with Crippen molar-refractivity contribution in [3.63, 3.8) is 0 Å². The van der Waals surface area contributed by atoms with Gasteiger partial charge in [0.05, 0.1) is 24.9 Å². The van der Waals surface area contributed by atoms with E-state index in [1.165, 1.54) is 0 Å². The summed E-state index contributed by atoms with van der Waals surface area (Å²) in [7, 11) is 1.64. The highest BCUT2D eigenvalue weighted by molar-refractivity contribution is 5.82. The molecular weight excluding hydrogens is 244 g/mol. The summed E-state index contributed by atoms with van der Waals surface area (Å²) in [6.45, 7) is 11.0. The van der Waals surface area contributed by atoms with Gasteiger partial charge in [-0.05, 0) is 19.8 Å².